The van der Waals surface area contributed by atoms with Crippen LogP contribution in [0.3, 0.4) is 0 Å². The van der Waals surface area contributed by atoms with E-state index in [0.29, 0.717) is 0 Å². The van der Waals surface area contributed by atoms with Crippen molar-refractivity contribution in [3.63, 3.8) is 0 Å². The van der Waals surface area contributed by atoms with Crippen LogP contribution >= 0.6 is 0 Å². The first kappa shape index (κ1) is 17.8. The van der Waals surface area contributed by atoms with Crippen molar-refractivity contribution in [3.05, 3.63) is 34.7 Å². The highest BCUT2D eigenvalue weighted by Gasteiger charge is 2.54. The first-order valence-electron chi connectivity index (χ1n) is 6.55. The summed E-state index contributed by atoms with van der Waals surface area (Å²) in [5.41, 5.74) is 0.0148. The predicted octanol–water partition coefficient (Wildman–Crippen LogP) is 2.32. The molecule has 0 saturated carbocycles. The smallest absolute Gasteiger partial charge is 0.377 e. The van der Waals surface area contributed by atoms with Crippen molar-refractivity contribution in [2.45, 2.75) is 18.8 Å². The lowest BCUT2D eigenvalue weighted by atomic mass is 9.91. The normalized spacial score (nSPS) is 12.4. The topological polar surface area (TPSA) is 64.8 Å². The van der Waals surface area contributed by atoms with Crippen molar-refractivity contribution in [3.8, 4) is 5.75 Å². The van der Waals surface area contributed by atoms with E-state index in [0.717, 1.165) is 7.11 Å². The molecule has 0 aliphatic heterocycles. The Bertz CT molecular complexity index is 536. The van der Waals surface area contributed by atoms with Gasteiger partial charge in [-0.05, 0) is 13.0 Å². The highest BCUT2D eigenvalue weighted by Crippen LogP contribution is 2.39. The molecule has 0 fully saturated rings. The molecule has 0 aliphatic rings. The number of benzene rings is 1. The summed E-state index contributed by atoms with van der Waals surface area (Å²) < 4.78 is 38.3. The molecule has 22 heavy (non-hydrogen) atoms. The third-order valence-electron chi connectivity index (χ3n) is 3.03. The van der Waals surface area contributed by atoms with Gasteiger partial charge in [0, 0.05) is 5.56 Å². The molecular formula is C14H18F2NO5+. The molecule has 122 valence electrons. The number of ether oxygens (including phenoxy) is 2. The molecule has 0 spiro atoms. The monoisotopic (exact) mass is 318 g/mol. The molecule has 1 aromatic carbocycles. The molecule has 0 saturated heterocycles. The Morgan fingerprint density at radius 2 is 1.95 bits per heavy atom. The van der Waals surface area contributed by atoms with Crippen LogP contribution in [0.4, 0.5) is 8.78 Å². The number of para-hydroxylation sites is 1. The second-order valence-corrected chi connectivity index (χ2v) is 4.34. The summed E-state index contributed by atoms with van der Waals surface area (Å²) in [4.78, 5) is 27.3. The van der Waals surface area contributed by atoms with Gasteiger partial charge in [0.2, 0.25) is 4.92 Å². The predicted molar refractivity (Wildman–Crippen MR) is 72.8 cm³/mol. The summed E-state index contributed by atoms with van der Waals surface area (Å²) in [6.45, 7) is 0.461. The van der Waals surface area contributed by atoms with Gasteiger partial charge < -0.3 is 9.47 Å². The molecule has 1 atom stereocenters. The van der Waals surface area contributed by atoms with Crippen molar-refractivity contribution in [2.24, 2.45) is 0 Å². The van der Waals surface area contributed by atoms with Crippen LogP contribution in [-0.4, -0.2) is 44.2 Å². The minimum Gasteiger partial charge on any atom is -0.496 e. The molecule has 0 heterocycles. The maximum Gasteiger partial charge on any atom is 0.377 e. The van der Waals surface area contributed by atoms with Crippen LogP contribution < -0.4 is 4.74 Å². The van der Waals surface area contributed by atoms with Crippen molar-refractivity contribution in [1.82, 2.24) is 0 Å². The SMILES string of the molecule is CCOC(=O)C(F)(F)C(C[N+](=O)OC)c1ccccc1OC. The van der Waals surface area contributed by atoms with E-state index in [-0.39, 0.29) is 22.8 Å². The lowest BCUT2D eigenvalue weighted by molar-refractivity contribution is -0.798. The van der Waals surface area contributed by atoms with E-state index < -0.39 is 24.4 Å². The standard InChI is InChI=1S/C14H18F2NO5/c1-4-22-13(18)14(15,16)11(9-17(19)21-3)10-7-5-6-8-12(10)20-2/h5-8,11H,4,9H2,1-3H3/q+1. The summed E-state index contributed by atoms with van der Waals surface area (Å²) in [6.07, 6.45) is 0. The van der Waals surface area contributed by atoms with E-state index in [1.807, 2.05) is 0 Å². The van der Waals surface area contributed by atoms with Crippen molar-refractivity contribution in [1.29, 1.82) is 0 Å². The molecule has 0 aromatic heterocycles. The Kier molecular flexibility index (Phi) is 6.21. The zero-order valence-corrected chi connectivity index (χ0v) is 12.5. The first-order valence-corrected chi connectivity index (χ1v) is 6.55. The van der Waals surface area contributed by atoms with E-state index in [9.17, 15) is 18.5 Å². The zero-order chi connectivity index (χ0) is 16.8. The summed E-state index contributed by atoms with van der Waals surface area (Å²) >= 11 is 0. The fourth-order valence-electron chi connectivity index (χ4n) is 1.96. The largest absolute Gasteiger partial charge is 0.496 e. The maximum absolute atomic E-state index is 14.4. The molecule has 0 N–H and O–H groups in total. The third kappa shape index (κ3) is 3.90. The number of carbonyl (C=O) groups is 1. The van der Waals surface area contributed by atoms with Crippen LogP contribution in [0, 0.1) is 4.91 Å². The lowest BCUT2D eigenvalue weighted by Crippen LogP contribution is -2.41. The highest BCUT2D eigenvalue weighted by molar-refractivity contribution is 5.79. The second-order valence-electron chi connectivity index (χ2n) is 4.34. The summed E-state index contributed by atoms with van der Waals surface area (Å²) in [7, 11) is 2.36. The van der Waals surface area contributed by atoms with Crippen molar-refractivity contribution >= 4 is 5.97 Å². The van der Waals surface area contributed by atoms with E-state index in [4.69, 9.17) is 4.74 Å². The summed E-state index contributed by atoms with van der Waals surface area (Å²) in [5.74, 6) is -7.25. The fraction of sp³-hybridized carbons (Fsp3) is 0.500. The number of carbonyl (C=O) groups excluding carboxylic acids is 1. The van der Waals surface area contributed by atoms with Crippen molar-refractivity contribution < 1.29 is 32.8 Å². The van der Waals surface area contributed by atoms with Crippen LogP contribution in [0.5, 0.6) is 5.75 Å². The molecule has 0 amide bonds. The number of rotatable bonds is 8. The number of alkyl halides is 2. The Labute approximate surface area is 126 Å². The molecule has 0 aliphatic carbocycles. The first-order chi connectivity index (χ1) is 10.4. The molecule has 0 bridgehead atoms. The van der Waals surface area contributed by atoms with Crippen LogP contribution in [0.1, 0.15) is 18.4 Å². The average molecular weight is 318 g/mol. The van der Waals surface area contributed by atoms with Crippen LogP contribution in [0.2, 0.25) is 0 Å². The number of methoxy groups -OCH3 is 1. The van der Waals surface area contributed by atoms with Crippen LogP contribution in [0.25, 0.3) is 0 Å². The second kappa shape index (κ2) is 7.67. The lowest BCUT2D eigenvalue weighted by Gasteiger charge is -2.23. The van der Waals surface area contributed by atoms with Gasteiger partial charge in [0.15, 0.2) is 7.11 Å². The number of halogens is 2. The Balaban J connectivity index is 3.29. The quantitative estimate of drug-likeness (QED) is 0.544. The van der Waals surface area contributed by atoms with Gasteiger partial charge in [-0.15, -0.1) is 0 Å². The van der Waals surface area contributed by atoms with Gasteiger partial charge in [0.25, 0.3) is 6.54 Å². The minimum absolute atomic E-state index is 0.0148. The maximum atomic E-state index is 14.4. The Morgan fingerprint density at radius 1 is 1.32 bits per heavy atom. The van der Waals surface area contributed by atoms with Gasteiger partial charge in [-0.3, -0.25) is 0 Å². The Hall–Kier alpha value is -2.25. The minimum atomic E-state index is -3.91. The molecule has 1 rings (SSSR count). The van der Waals surface area contributed by atoms with Gasteiger partial charge in [0.05, 0.1) is 18.6 Å². The number of hydrogen-bond acceptors (Lipinski definition) is 5. The van der Waals surface area contributed by atoms with Gasteiger partial charge in [-0.1, -0.05) is 18.2 Å². The van der Waals surface area contributed by atoms with E-state index in [1.54, 1.807) is 6.07 Å². The molecule has 0 radical (unpaired) electrons. The van der Waals surface area contributed by atoms with E-state index >= 15 is 0 Å². The Morgan fingerprint density at radius 3 is 2.50 bits per heavy atom. The number of nitrogens with zero attached hydrogens (tertiary/aromatic N) is 1. The van der Waals surface area contributed by atoms with Crippen molar-refractivity contribution in [2.75, 3.05) is 27.4 Å². The molecule has 1 unspecified atom stereocenters. The van der Waals surface area contributed by atoms with Gasteiger partial charge in [-0.25, -0.2) is 9.63 Å². The zero-order valence-electron chi connectivity index (χ0n) is 12.5. The molecule has 6 nitrogen and oxygen atoms in total. The highest BCUT2D eigenvalue weighted by atomic mass is 19.3. The molecular weight excluding hydrogens is 300 g/mol. The molecule has 8 heteroatoms. The van der Waals surface area contributed by atoms with Crippen LogP contribution in [0.15, 0.2) is 24.3 Å². The molecule has 1 aromatic rings. The van der Waals surface area contributed by atoms with E-state index in [2.05, 4.69) is 9.57 Å². The number of hydrogen-bond donors (Lipinski definition) is 0. The summed E-state index contributed by atoms with van der Waals surface area (Å²) in [6, 6.07) is 5.92. The fourth-order valence-corrected chi connectivity index (χ4v) is 1.96. The van der Waals surface area contributed by atoms with Gasteiger partial charge in [-0.2, -0.15) is 8.78 Å². The third-order valence-corrected chi connectivity index (χ3v) is 3.03. The summed E-state index contributed by atoms with van der Waals surface area (Å²) in [5, 5.41) is 0. The average Bonchev–Trinajstić information content (AvgIpc) is 2.52. The van der Waals surface area contributed by atoms with Gasteiger partial charge >= 0.3 is 11.9 Å². The van der Waals surface area contributed by atoms with E-state index in [1.165, 1.54) is 32.2 Å². The number of esters is 1. The van der Waals surface area contributed by atoms with Gasteiger partial charge in [0.1, 0.15) is 11.7 Å². The van der Waals surface area contributed by atoms with Crippen LogP contribution in [-0.2, 0) is 14.4 Å².